The van der Waals surface area contributed by atoms with Gasteiger partial charge in [0.05, 0.1) is 35.7 Å². The van der Waals surface area contributed by atoms with Crippen molar-refractivity contribution >= 4 is 11.9 Å². The molecular formula is C20H24N2O4. The standard InChI is InChI=1S/C20H24N2O4/c1-3-5-11-25-19(23)15-7-9-17(21-13-15)18-10-8-16(14-22-18)20(24)26-12-6-4-2/h7-10,13-14H,3-6,11-12H2,1-2H3. The summed E-state index contributed by atoms with van der Waals surface area (Å²) in [5, 5.41) is 0. The fourth-order valence-electron chi connectivity index (χ4n) is 2.12. The van der Waals surface area contributed by atoms with E-state index >= 15 is 0 Å². The quantitative estimate of drug-likeness (QED) is 0.498. The molecule has 6 nitrogen and oxygen atoms in total. The summed E-state index contributed by atoms with van der Waals surface area (Å²) in [5.74, 6) is -0.758. The summed E-state index contributed by atoms with van der Waals surface area (Å²) in [6.45, 7) is 4.89. The predicted octanol–water partition coefficient (Wildman–Crippen LogP) is 4.06. The maximum absolute atomic E-state index is 11.9. The van der Waals surface area contributed by atoms with Gasteiger partial charge in [-0.05, 0) is 37.1 Å². The first kappa shape index (κ1) is 19.6. The third-order valence-corrected chi connectivity index (χ3v) is 3.72. The van der Waals surface area contributed by atoms with Crippen LogP contribution in [0.25, 0.3) is 11.4 Å². The molecule has 2 heterocycles. The SMILES string of the molecule is CCCCOC(=O)c1ccc(-c2ccc(C(=O)OCCCC)cn2)nc1. The van der Waals surface area contributed by atoms with E-state index in [-0.39, 0.29) is 11.9 Å². The van der Waals surface area contributed by atoms with Gasteiger partial charge in [0.1, 0.15) is 0 Å². The molecule has 0 saturated carbocycles. The van der Waals surface area contributed by atoms with Crippen LogP contribution in [0.2, 0.25) is 0 Å². The molecule has 0 atom stereocenters. The van der Waals surface area contributed by atoms with Crippen LogP contribution in [0.3, 0.4) is 0 Å². The van der Waals surface area contributed by atoms with Gasteiger partial charge in [-0.2, -0.15) is 0 Å². The lowest BCUT2D eigenvalue weighted by molar-refractivity contribution is 0.0490. The Balaban J connectivity index is 1.98. The van der Waals surface area contributed by atoms with Gasteiger partial charge in [-0.25, -0.2) is 9.59 Å². The number of aromatic nitrogens is 2. The van der Waals surface area contributed by atoms with E-state index in [0.29, 0.717) is 35.7 Å². The molecule has 26 heavy (non-hydrogen) atoms. The van der Waals surface area contributed by atoms with Gasteiger partial charge in [-0.15, -0.1) is 0 Å². The Hall–Kier alpha value is -2.76. The van der Waals surface area contributed by atoms with E-state index in [1.165, 1.54) is 12.4 Å². The van der Waals surface area contributed by atoms with Crippen LogP contribution in [0.15, 0.2) is 36.7 Å². The number of hydrogen-bond acceptors (Lipinski definition) is 6. The highest BCUT2D eigenvalue weighted by atomic mass is 16.5. The lowest BCUT2D eigenvalue weighted by atomic mass is 10.2. The minimum atomic E-state index is -0.379. The summed E-state index contributed by atoms with van der Waals surface area (Å²) in [4.78, 5) is 32.2. The summed E-state index contributed by atoms with van der Waals surface area (Å²) < 4.78 is 10.3. The van der Waals surface area contributed by atoms with Crippen molar-refractivity contribution in [2.45, 2.75) is 39.5 Å². The number of hydrogen-bond donors (Lipinski definition) is 0. The van der Waals surface area contributed by atoms with Gasteiger partial charge in [-0.1, -0.05) is 26.7 Å². The van der Waals surface area contributed by atoms with Gasteiger partial charge in [0, 0.05) is 12.4 Å². The summed E-state index contributed by atoms with van der Waals surface area (Å²) >= 11 is 0. The van der Waals surface area contributed by atoms with E-state index in [2.05, 4.69) is 9.97 Å². The Morgan fingerprint density at radius 2 is 1.19 bits per heavy atom. The molecule has 0 aliphatic rings. The summed E-state index contributed by atoms with van der Waals surface area (Å²) in [6, 6.07) is 6.73. The van der Waals surface area contributed by atoms with Crippen molar-refractivity contribution in [2.75, 3.05) is 13.2 Å². The molecule has 2 aromatic heterocycles. The largest absolute Gasteiger partial charge is 0.462 e. The number of carbonyl (C=O) groups excluding carboxylic acids is 2. The highest BCUT2D eigenvalue weighted by Gasteiger charge is 2.11. The number of carbonyl (C=O) groups is 2. The molecule has 2 rings (SSSR count). The molecule has 0 aromatic carbocycles. The van der Waals surface area contributed by atoms with Gasteiger partial charge >= 0.3 is 11.9 Å². The molecule has 0 fully saturated rings. The van der Waals surface area contributed by atoms with Crippen LogP contribution in [0.4, 0.5) is 0 Å². The number of nitrogens with zero attached hydrogens (tertiary/aromatic N) is 2. The van der Waals surface area contributed by atoms with Crippen molar-refractivity contribution in [3.8, 4) is 11.4 Å². The van der Waals surface area contributed by atoms with E-state index in [4.69, 9.17) is 9.47 Å². The highest BCUT2D eigenvalue weighted by Crippen LogP contribution is 2.16. The van der Waals surface area contributed by atoms with Crippen LogP contribution in [0.5, 0.6) is 0 Å². The van der Waals surface area contributed by atoms with Crippen molar-refractivity contribution in [2.24, 2.45) is 0 Å². The Kier molecular flexibility index (Phi) is 7.74. The lowest BCUT2D eigenvalue weighted by Crippen LogP contribution is -2.07. The molecular weight excluding hydrogens is 332 g/mol. The number of rotatable bonds is 9. The number of unbranched alkanes of at least 4 members (excludes halogenated alkanes) is 2. The summed E-state index contributed by atoms with van der Waals surface area (Å²) in [5.41, 5.74) is 2.03. The molecule has 2 aromatic rings. The first-order valence-electron chi connectivity index (χ1n) is 8.92. The van der Waals surface area contributed by atoms with E-state index in [1.54, 1.807) is 24.3 Å². The van der Waals surface area contributed by atoms with Crippen molar-refractivity contribution in [1.82, 2.24) is 9.97 Å². The average Bonchev–Trinajstić information content (AvgIpc) is 2.68. The third-order valence-electron chi connectivity index (χ3n) is 3.72. The number of esters is 2. The molecule has 0 amide bonds. The summed E-state index contributed by atoms with van der Waals surface area (Å²) in [6.07, 6.45) is 6.57. The van der Waals surface area contributed by atoms with E-state index in [9.17, 15) is 9.59 Å². The first-order chi connectivity index (χ1) is 12.7. The summed E-state index contributed by atoms with van der Waals surface area (Å²) in [7, 11) is 0. The Labute approximate surface area is 153 Å². The Bertz CT molecular complexity index is 648. The number of ether oxygens (including phenoxy) is 2. The molecule has 0 aliphatic heterocycles. The second-order valence-corrected chi connectivity index (χ2v) is 5.84. The van der Waals surface area contributed by atoms with Gasteiger partial charge < -0.3 is 9.47 Å². The molecule has 6 heteroatoms. The predicted molar refractivity (Wildman–Crippen MR) is 97.8 cm³/mol. The van der Waals surface area contributed by atoms with Crippen molar-refractivity contribution < 1.29 is 19.1 Å². The topological polar surface area (TPSA) is 78.4 Å². The Morgan fingerprint density at radius 3 is 1.50 bits per heavy atom. The van der Waals surface area contributed by atoms with Gasteiger partial charge in [0.15, 0.2) is 0 Å². The molecule has 138 valence electrons. The monoisotopic (exact) mass is 356 g/mol. The van der Waals surface area contributed by atoms with Crippen LogP contribution < -0.4 is 0 Å². The van der Waals surface area contributed by atoms with E-state index in [0.717, 1.165) is 25.7 Å². The first-order valence-corrected chi connectivity index (χ1v) is 8.92. The molecule has 0 N–H and O–H groups in total. The van der Waals surface area contributed by atoms with Crippen LogP contribution in [0.1, 0.15) is 60.2 Å². The van der Waals surface area contributed by atoms with Gasteiger partial charge in [0.25, 0.3) is 0 Å². The van der Waals surface area contributed by atoms with Crippen LogP contribution in [0, 0.1) is 0 Å². The van der Waals surface area contributed by atoms with Crippen LogP contribution >= 0.6 is 0 Å². The minimum absolute atomic E-state index is 0.379. The zero-order valence-electron chi connectivity index (χ0n) is 15.2. The van der Waals surface area contributed by atoms with Crippen molar-refractivity contribution in [3.63, 3.8) is 0 Å². The van der Waals surface area contributed by atoms with Gasteiger partial charge in [-0.3, -0.25) is 9.97 Å². The molecule has 0 radical (unpaired) electrons. The van der Waals surface area contributed by atoms with Crippen molar-refractivity contribution in [3.05, 3.63) is 47.8 Å². The maximum atomic E-state index is 11.9. The molecule has 0 saturated heterocycles. The molecule has 0 bridgehead atoms. The number of pyridine rings is 2. The second-order valence-electron chi connectivity index (χ2n) is 5.84. The zero-order valence-corrected chi connectivity index (χ0v) is 15.2. The van der Waals surface area contributed by atoms with Crippen LogP contribution in [-0.4, -0.2) is 35.1 Å². The fourth-order valence-corrected chi connectivity index (χ4v) is 2.12. The van der Waals surface area contributed by atoms with Crippen LogP contribution in [-0.2, 0) is 9.47 Å². The molecule has 0 unspecified atom stereocenters. The zero-order chi connectivity index (χ0) is 18.8. The smallest absolute Gasteiger partial charge is 0.339 e. The fraction of sp³-hybridized carbons (Fsp3) is 0.400. The van der Waals surface area contributed by atoms with Crippen molar-refractivity contribution in [1.29, 1.82) is 0 Å². The van der Waals surface area contributed by atoms with E-state index in [1.807, 2.05) is 13.8 Å². The third kappa shape index (κ3) is 5.65. The lowest BCUT2D eigenvalue weighted by Gasteiger charge is -2.06. The Morgan fingerprint density at radius 1 is 0.769 bits per heavy atom. The molecule has 0 aliphatic carbocycles. The second kappa shape index (κ2) is 10.3. The maximum Gasteiger partial charge on any atom is 0.339 e. The molecule has 0 spiro atoms. The van der Waals surface area contributed by atoms with E-state index < -0.39 is 0 Å². The normalized spacial score (nSPS) is 10.4. The van der Waals surface area contributed by atoms with Gasteiger partial charge in [0.2, 0.25) is 0 Å². The average molecular weight is 356 g/mol. The minimum Gasteiger partial charge on any atom is -0.462 e. The highest BCUT2D eigenvalue weighted by molar-refractivity contribution is 5.90.